The Morgan fingerprint density at radius 3 is 0.906 bits per heavy atom. The second-order valence-electron chi connectivity index (χ2n) is 9.49. The van der Waals surface area contributed by atoms with E-state index in [4.69, 9.17) is 0 Å². The van der Waals surface area contributed by atoms with E-state index in [1.54, 1.807) is 0 Å². The van der Waals surface area contributed by atoms with Crippen molar-refractivity contribution in [3.63, 3.8) is 0 Å². The van der Waals surface area contributed by atoms with Crippen LogP contribution in [0.2, 0.25) is 0 Å². The van der Waals surface area contributed by atoms with Crippen molar-refractivity contribution >= 4 is 0 Å². The maximum atomic E-state index is 2.42. The van der Waals surface area contributed by atoms with Gasteiger partial charge in [0, 0.05) is 10.8 Å². The molecule has 6 rings (SSSR count). The molecular weight excluding hydrogens is 384 g/mol. The van der Waals surface area contributed by atoms with Crippen LogP contribution in [-0.2, 0) is 10.8 Å². The molecule has 0 unspecified atom stereocenters. The van der Waals surface area contributed by atoms with Crippen LogP contribution in [-0.4, -0.2) is 0 Å². The predicted octanol–water partition coefficient (Wildman–Crippen LogP) is 8.52. The van der Waals surface area contributed by atoms with Crippen molar-refractivity contribution in [2.45, 2.75) is 50.4 Å². The van der Waals surface area contributed by atoms with Crippen LogP contribution in [0.4, 0.5) is 0 Å². The molecule has 0 aliphatic heterocycles. The number of benzene rings is 4. The average molecular weight is 415 g/mol. The SMILES string of the molecule is CCCC1(C2(CCC)c3ccccc3-c3ccccc32)c2ccccc2-c2ccccc21. The fraction of sp³-hybridized carbons (Fsp3) is 0.250. The first kappa shape index (κ1) is 19.6. The van der Waals surface area contributed by atoms with Crippen LogP contribution in [0, 0.1) is 0 Å². The summed E-state index contributed by atoms with van der Waals surface area (Å²) in [6.45, 7) is 4.72. The van der Waals surface area contributed by atoms with Gasteiger partial charge in [-0.05, 0) is 57.3 Å². The molecule has 4 aromatic carbocycles. The van der Waals surface area contributed by atoms with Crippen molar-refractivity contribution in [3.8, 4) is 22.3 Å². The van der Waals surface area contributed by atoms with Gasteiger partial charge < -0.3 is 0 Å². The average Bonchev–Trinajstić information content (AvgIpc) is 3.30. The summed E-state index contributed by atoms with van der Waals surface area (Å²) in [4.78, 5) is 0. The molecule has 0 atom stereocenters. The van der Waals surface area contributed by atoms with Crippen molar-refractivity contribution in [1.82, 2.24) is 0 Å². The summed E-state index contributed by atoms with van der Waals surface area (Å²) in [5, 5.41) is 0. The van der Waals surface area contributed by atoms with Crippen LogP contribution in [0.3, 0.4) is 0 Å². The standard InChI is InChI=1S/C32H30/c1-3-21-31(27-17-9-5-13-23(27)24-14-6-10-18-28(24)31)32(22-4-2)29-19-11-7-15-25(29)26-16-8-12-20-30(26)32/h5-20H,3-4,21-22H2,1-2H3. The van der Waals surface area contributed by atoms with E-state index in [1.807, 2.05) is 0 Å². The topological polar surface area (TPSA) is 0 Å². The Morgan fingerprint density at radius 1 is 0.406 bits per heavy atom. The minimum Gasteiger partial charge on any atom is -0.0653 e. The van der Waals surface area contributed by atoms with E-state index in [2.05, 4.69) is 111 Å². The van der Waals surface area contributed by atoms with Gasteiger partial charge in [-0.25, -0.2) is 0 Å². The van der Waals surface area contributed by atoms with E-state index in [1.165, 1.54) is 44.5 Å². The molecule has 2 aliphatic rings. The third-order valence-electron chi connectivity index (χ3n) is 8.11. The van der Waals surface area contributed by atoms with Crippen LogP contribution in [0.5, 0.6) is 0 Å². The lowest BCUT2D eigenvalue weighted by Gasteiger charge is -2.50. The van der Waals surface area contributed by atoms with Crippen LogP contribution in [0.15, 0.2) is 97.1 Å². The molecule has 4 aromatic rings. The van der Waals surface area contributed by atoms with Crippen LogP contribution >= 0.6 is 0 Å². The van der Waals surface area contributed by atoms with Crippen LogP contribution < -0.4 is 0 Å². The summed E-state index contributed by atoms with van der Waals surface area (Å²) in [7, 11) is 0. The maximum absolute atomic E-state index is 2.42. The van der Waals surface area contributed by atoms with Gasteiger partial charge in [-0.15, -0.1) is 0 Å². The fourth-order valence-corrected chi connectivity index (χ4v) is 7.29. The highest BCUT2D eigenvalue weighted by atomic mass is 14.6. The predicted molar refractivity (Wildman–Crippen MR) is 135 cm³/mol. The van der Waals surface area contributed by atoms with Gasteiger partial charge in [-0.2, -0.15) is 0 Å². The summed E-state index contributed by atoms with van der Waals surface area (Å²) in [5.41, 5.74) is 11.6. The lowest BCUT2D eigenvalue weighted by molar-refractivity contribution is 0.275. The Bertz CT molecular complexity index is 1110. The number of hydrogen-bond donors (Lipinski definition) is 0. The highest BCUT2D eigenvalue weighted by molar-refractivity contribution is 5.88. The summed E-state index contributed by atoms with van der Waals surface area (Å²) in [6.07, 6.45) is 4.59. The number of hydrogen-bond acceptors (Lipinski definition) is 0. The molecule has 0 N–H and O–H groups in total. The Kier molecular flexibility index (Phi) is 4.40. The van der Waals surface area contributed by atoms with E-state index in [0.717, 1.165) is 25.7 Å². The van der Waals surface area contributed by atoms with Gasteiger partial charge in [0.1, 0.15) is 0 Å². The fourth-order valence-electron chi connectivity index (χ4n) is 7.29. The Balaban J connectivity index is 1.82. The minimum absolute atomic E-state index is 0.0757. The highest BCUT2D eigenvalue weighted by Crippen LogP contribution is 2.67. The molecule has 0 fully saturated rings. The largest absolute Gasteiger partial charge is 0.0653 e. The Hall–Kier alpha value is -3.12. The first-order chi connectivity index (χ1) is 15.8. The van der Waals surface area contributed by atoms with Gasteiger partial charge >= 0.3 is 0 Å². The molecule has 0 radical (unpaired) electrons. The third kappa shape index (κ3) is 2.23. The van der Waals surface area contributed by atoms with E-state index < -0.39 is 0 Å². The molecule has 0 nitrogen and oxygen atoms in total. The normalized spacial score (nSPS) is 16.2. The molecule has 0 saturated carbocycles. The number of rotatable bonds is 5. The minimum atomic E-state index is -0.0757. The van der Waals surface area contributed by atoms with Gasteiger partial charge in [0.25, 0.3) is 0 Å². The summed E-state index contributed by atoms with van der Waals surface area (Å²) < 4.78 is 0. The van der Waals surface area contributed by atoms with Gasteiger partial charge in [-0.3, -0.25) is 0 Å². The van der Waals surface area contributed by atoms with Crippen molar-refractivity contribution in [2.75, 3.05) is 0 Å². The molecular formula is C32H30. The smallest absolute Gasteiger partial charge is 0.0352 e. The monoisotopic (exact) mass is 414 g/mol. The highest BCUT2D eigenvalue weighted by Gasteiger charge is 2.60. The van der Waals surface area contributed by atoms with E-state index in [9.17, 15) is 0 Å². The van der Waals surface area contributed by atoms with Crippen LogP contribution in [0.25, 0.3) is 22.3 Å². The molecule has 0 aromatic heterocycles. The van der Waals surface area contributed by atoms with Gasteiger partial charge in [0.15, 0.2) is 0 Å². The lowest BCUT2D eigenvalue weighted by atomic mass is 9.51. The van der Waals surface area contributed by atoms with E-state index >= 15 is 0 Å². The second kappa shape index (κ2) is 7.20. The van der Waals surface area contributed by atoms with Gasteiger partial charge in [-0.1, -0.05) is 124 Å². The van der Waals surface area contributed by atoms with Crippen molar-refractivity contribution in [3.05, 3.63) is 119 Å². The summed E-state index contributed by atoms with van der Waals surface area (Å²) in [6, 6.07) is 36.9. The van der Waals surface area contributed by atoms with Crippen molar-refractivity contribution < 1.29 is 0 Å². The zero-order valence-electron chi connectivity index (χ0n) is 19.1. The van der Waals surface area contributed by atoms with Gasteiger partial charge in [0.2, 0.25) is 0 Å². The summed E-state index contributed by atoms with van der Waals surface area (Å²) >= 11 is 0. The molecule has 0 spiro atoms. The third-order valence-corrected chi connectivity index (χ3v) is 8.11. The molecule has 0 bridgehead atoms. The summed E-state index contributed by atoms with van der Waals surface area (Å²) in [5.74, 6) is 0. The van der Waals surface area contributed by atoms with E-state index in [0.29, 0.717) is 0 Å². The Labute approximate surface area is 192 Å². The molecule has 158 valence electrons. The zero-order chi connectivity index (χ0) is 21.8. The van der Waals surface area contributed by atoms with Gasteiger partial charge in [0.05, 0.1) is 0 Å². The molecule has 0 amide bonds. The zero-order valence-corrected chi connectivity index (χ0v) is 19.1. The number of fused-ring (bicyclic) bond motifs is 6. The molecule has 0 heteroatoms. The molecule has 0 saturated heterocycles. The van der Waals surface area contributed by atoms with Crippen LogP contribution in [0.1, 0.15) is 61.8 Å². The lowest BCUT2D eigenvalue weighted by Crippen LogP contribution is -2.49. The Morgan fingerprint density at radius 2 is 0.656 bits per heavy atom. The van der Waals surface area contributed by atoms with E-state index in [-0.39, 0.29) is 10.8 Å². The quantitative estimate of drug-likeness (QED) is 0.307. The first-order valence-electron chi connectivity index (χ1n) is 12.2. The second-order valence-corrected chi connectivity index (χ2v) is 9.49. The first-order valence-corrected chi connectivity index (χ1v) is 12.2. The molecule has 32 heavy (non-hydrogen) atoms. The molecule has 2 aliphatic carbocycles. The molecule has 0 heterocycles. The van der Waals surface area contributed by atoms with Crippen molar-refractivity contribution in [2.24, 2.45) is 0 Å². The van der Waals surface area contributed by atoms with Crippen molar-refractivity contribution in [1.29, 1.82) is 0 Å². The maximum Gasteiger partial charge on any atom is 0.0352 e.